The molecule has 0 aliphatic rings. The first-order valence-corrected chi connectivity index (χ1v) is 7.16. The van der Waals surface area contributed by atoms with E-state index >= 15 is 0 Å². The largest absolute Gasteiger partial charge is 0.272 e. The molecule has 23 heavy (non-hydrogen) atoms. The fourth-order valence-electron chi connectivity index (χ4n) is 2.46. The standard InChI is InChI=1S/C17H11ClF2N2O/c1-9-14(10-5-7-11(18)8-6-10)15(17(23)22-21-9)12-3-2-4-13(19)16(12)20/h2-8H,1H3,(H,22,23). The van der Waals surface area contributed by atoms with Crippen molar-refractivity contribution >= 4 is 11.6 Å². The molecule has 3 nitrogen and oxygen atoms in total. The molecule has 0 aliphatic heterocycles. The Morgan fingerprint density at radius 1 is 1.04 bits per heavy atom. The zero-order valence-corrected chi connectivity index (χ0v) is 12.8. The van der Waals surface area contributed by atoms with Gasteiger partial charge in [-0.1, -0.05) is 35.9 Å². The van der Waals surface area contributed by atoms with Gasteiger partial charge in [0.2, 0.25) is 0 Å². The first kappa shape index (κ1) is 15.4. The molecule has 6 heteroatoms. The molecule has 0 saturated heterocycles. The lowest BCUT2D eigenvalue weighted by molar-refractivity contribution is 0.511. The van der Waals surface area contributed by atoms with Gasteiger partial charge < -0.3 is 0 Å². The van der Waals surface area contributed by atoms with E-state index in [4.69, 9.17) is 11.6 Å². The van der Waals surface area contributed by atoms with Crippen LogP contribution in [0.5, 0.6) is 0 Å². The van der Waals surface area contributed by atoms with Crippen LogP contribution in [0.25, 0.3) is 22.3 Å². The lowest BCUT2D eigenvalue weighted by atomic mass is 9.94. The summed E-state index contributed by atoms with van der Waals surface area (Å²) in [6.45, 7) is 1.68. The summed E-state index contributed by atoms with van der Waals surface area (Å²) in [5, 5.41) is 6.77. The van der Waals surface area contributed by atoms with Gasteiger partial charge in [-0.2, -0.15) is 5.10 Å². The highest BCUT2D eigenvalue weighted by molar-refractivity contribution is 6.30. The zero-order chi connectivity index (χ0) is 16.6. The molecule has 1 N–H and O–H groups in total. The Kier molecular flexibility index (Phi) is 3.96. The summed E-state index contributed by atoms with van der Waals surface area (Å²) in [7, 11) is 0. The number of nitrogens with one attached hydrogen (secondary N) is 1. The highest BCUT2D eigenvalue weighted by atomic mass is 35.5. The number of benzene rings is 2. The van der Waals surface area contributed by atoms with Gasteiger partial charge in [0.15, 0.2) is 11.6 Å². The number of rotatable bonds is 2. The van der Waals surface area contributed by atoms with E-state index in [0.29, 0.717) is 21.8 Å². The Hall–Kier alpha value is -2.53. The molecule has 0 bridgehead atoms. The summed E-state index contributed by atoms with van der Waals surface area (Å²) in [6, 6.07) is 10.4. The van der Waals surface area contributed by atoms with Crippen LogP contribution in [-0.4, -0.2) is 10.2 Å². The molecule has 116 valence electrons. The average Bonchev–Trinajstić information content (AvgIpc) is 2.53. The number of nitrogens with zero attached hydrogens (tertiary/aromatic N) is 1. The maximum Gasteiger partial charge on any atom is 0.272 e. The van der Waals surface area contributed by atoms with Gasteiger partial charge in [-0.25, -0.2) is 13.9 Å². The summed E-state index contributed by atoms with van der Waals surface area (Å²) in [5.74, 6) is -2.09. The van der Waals surface area contributed by atoms with Crippen LogP contribution >= 0.6 is 11.6 Å². The first-order valence-electron chi connectivity index (χ1n) is 6.78. The van der Waals surface area contributed by atoms with Crippen LogP contribution in [0, 0.1) is 18.6 Å². The molecule has 1 aromatic heterocycles. The van der Waals surface area contributed by atoms with Crippen LogP contribution in [0.4, 0.5) is 8.78 Å². The Morgan fingerprint density at radius 3 is 2.43 bits per heavy atom. The van der Waals surface area contributed by atoms with Crippen LogP contribution in [-0.2, 0) is 0 Å². The maximum absolute atomic E-state index is 14.2. The monoisotopic (exact) mass is 332 g/mol. The van der Waals surface area contributed by atoms with Crippen molar-refractivity contribution in [3.8, 4) is 22.3 Å². The second-order valence-corrected chi connectivity index (χ2v) is 5.43. The molecule has 0 fully saturated rings. The van der Waals surface area contributed by atoms with E-state index < -0.39 is 17.2 Å². The van der Waals surface area contributed by atoms with Crippen molar-refractivity contribution in [1.29, 1.82) is 0 Å². The highest BCUT2D eigenvalue weighted by Crippen LogP contribution is 2.33. The molecular weight excluding hydrogens is 322 g/mol. The maximum atomic E-state index is 14.2. The minimum absolute atomic E-state index is 0.0387. The lowest BCUT2D eigenvalue weighted by Crippen LogP contribution is -2.15. The third kappa shape index (κ3) is 2.75. The van der Waals surface area contributed by atoms with E-state index in [9.17, 15) is 13.6 Å². The van der Waals surface area contributed by atoms with Gasteiger partial charge in [0.25, 0.3) is 5.56 Å². The van der Waals surface area contributed by atoms with Crippen LogP contribution < -0.4 is 5.56 Å². The summed E-state index contributed by atoms with van der Waals surface area (Å²) in [4.78, 5) is 12.3. The number of hydrogen-bond acceptors (Lipinski definition) is 2. The molecule has 0 spiro atoms. The zero-order valence-electron chi connectivity index (χ0n) is 12.0. The van der Waals surface area contributed by atoms with E-state index in [1.165, 1.54) is 12.1 Å². The molecule has 0 radical (unpaired) electrons. The minimum Gasteiger partial charge on any atom is -0.267 e. The molecule has 0 atom stereocenters. The molecule has 0 saturated carbocycles. The van der Waals surface area contributed by atoms with Crippen LogP contribution in [0.1, 0.15) is 5.69 Å². The van der Waals surface area contributed by atoms with Gasteiger partial charge in [-0.15, -0.1) is 0 Å². The SMILES string of the molecule is Cc1n[nH]c(=O)c(-c2cccc(F)c2F)c1-c1ccc(Cl)cc1. The molecule has 1 heterocycles. The quantitative estimate of drug-likeness (QED) is 0.758. The van der Waals surface area contributed by atoms with Crippen molar-refractivity contribution in [2.24, 2.45) is 0 Å². The van der Waals surface area contributed by atoms with E-state index in [2.05, 4.69) is 10.2 Å². The molecule has 3 aromatic rings. The van der Waals surface area contributed by atoms with E-state index in [1.54, 1.807) is 31.2 Å². The molecular formula is C17H11ClF2N2O. The van der Waals surface area contributed by atoms with E-state index in [1.807, 2.05) is 0 Å². The van der Waals surface area contributed by atoms with Crippen molar-refractivity contribution in [2.75, 3.05) is 0 Å². The normalized spacial score (nSPS) is 10.8. The fourth-order valence-corrected chi connectivity index (χ4v) is 2.59. The van der Waals surface area contributed by atoms with Gasteiger partial charge in [0.1, 0.15) is 0 Å². The van der Waals surface area contributed by atoms with Gasteiger partial charge in [0, 0.05) is 16.1 Å². The van der Waals surface area contributed by atoms with Crippen LogP contribution in [0.3, 0.4) is 0 Å². The van der Waals surface area contributed by atoms with Crippen molar-refractivity contribution in [3.63, 3.8) is 0 Å². The Labute approximate surface area is 135 Å². The fraction of sp³-hybridized carbons (Fsp3) is 0.0588. The summed E-state index contributed by atoms with van der Waals surface area (Å²) < 4.78 is 27.8. The lowest BCUT2D eigenvalue weighted by Gasteiger charge is -2.12. The van der Waals surface area contributed by atoms with Crippen LogP contribution in [0.2, 0.25) is 5.02 Å². The van der Waals surface area contributed by atoms with Gasteiger partial charge >= 0.3 is 0 Å². The number of aromatic nitrogens is 2. The molecule has 0 amide bonds. The minimum atomic E-state index is -1.07. The molecule has 2 aromatic carbocycles. The summed E-state index contributed by atoms with van der Waals surface area (Å²) in [5.41, 5.74) is 0.910. The average molecular weight is 333 g/mol. The van der Waals surface area contributed by atoms with Gasteiger partial charge in [-0.05, 0) is 30.7 Å². The topological polar surface area (TPSA) is 45.8 Å². The Balaban J connectivity index is 2.37. The van der Waals surface area contributed by atoms with Crippen LogP contribution in [0.15, 0.2) is 47.3 Å². The van der Waals surface area contributed by atoms with Crippen molar-refractivity contribution in [1.82, 2.24) is 10.2 Å². The number of halogens is 3. The Bertz CT molecular complexity index is 936. The second kappa shape index (κ2) is 5.93. The van der Waals surface area contributed by atoms with Crippen molar-refractivity contribution < 1.29 is 8.78 Å². The predicted molar refractivity (Wildman–Crippen MR) is 85.4 cm³/mol. The predicted octanol–water partition coefficient (Wildman–Crippen LogP) is 4.34. The van der Waals surface area contributed by atoms with Gasteiger partial charge in [0.05, 0.1) is 11.3 Å². The number of H-pyrrole nitrogens is 1. The third-order valence-corrected chi connectivity index (χ3v) is 3.77. The summed E-state index contributed by atoms with van der Waals surface area (Å²) >= 11 is 5.88. The van der Waals surface area contributed by atoms with E-state index in [0.717, 1.165) is 6.07 Å². The summed E-state index contributed by atoms with van der Waals surface area (Å²) in [6.07, 6.45) is 0. The second-order valence-electron chi connectivity index (χ2n) is 5.00. The van der Waals surface area contributed by atoms with Crippen molar-refractivity contribution in [3.05, 3.63) is 75.2 Å². The van der Waals surface area contributed by atoms with Crippen molar-refractivity contribution in [2.45, 2.75) is 6.92 Å². The molecule has 0 unspecified atom stereocenters. The Morgan fingerprint density at radius 2 is 1.74 bits per heavy atom. The van der Waals surface area contributed by atoms with Gasteiger partial charge in [-0.3, -0.25) is 4.79 Å². The first-order chi connectivity index (χ1) is 11.0. The number of hydrogen-bond donors (Lipinski definition) is 1. The molecule has 3 rings (SSSR count). The highest BCUT2D eigenvalue weighted by Gasteiger charge is 2.20. The number of aryl methyl sites for hydroxylation is 1. The smallest absolute Gasteiger partial charge is 0.267 e. The van der Waals surface area contributed by atoms with E-state index in [-0.39, 0.29) is 11.1 Å². The third-order valence-electron chi connectivity index (χ3n) is 3.52. The number of aromatic amines is 1. The molecule has 0 aliphatic carbocycles.